The molecule has 118 valence electrons. The number of ether oxygens (including phenoxy) is 2. The zero-order valence-electron chi connectivity index (χ0n) is 12.4. The maximum absolute atomic E-state index is 12.3. The Morgan fingerprint density at radius 3 is 2.64 bits per heavy atom. The normalized spacial score (nSPS) is 29.2. The molecule has 2 fully saturated rings. The molecule has 0 aromatic carbocycles. The van der Waals surface area contributed by atoms with E-state index >= 15 is 0 Å². The second kappa shape index (κ2) is 5.88. The van der Waals surface area contributed by atoms with Crippen LogP contribution in [0.3, 0.4) is 0 Å². The summed E-state index contributed by atoms with van der Waals surface area (Å²) in [5.74, 6) is -0.167. The monoisotopic (exact) mass is 306 g/mol. The Bertz CT molecular complexity index is 577. The summed E-state index contributed by atoms with van der Waals surface area (Å²) in [6, 6.07) is -0.111. The zero-order valence-corrected chi connectivity index (χ0v) is 12.4. The quantitative estimate of drug-likeness (QED) is 0.778. The highest BCUT2D eigenvalue weighted by Crippen LogP contribution is 2.39. The van der Waals surface area contributed by atoms with E-state index in [0.717, 1.165) is 6.42 Å². The summed E-state index contributed by atoms with van der Waals surface area (Å²) < 4.78 is 10.5. The molecule has 0 bridgehead atoms. The average molecular weight is 306 g/mol. The van der Waals surface area contributed by atoms with Crippen molar-refractivity contribution in [1.82, 2.24) is 20.6 Å². The molecule has 2 N–H and O–H groups in total. The zero-order chi connectivity index (χ0) is 15.7. The van der Waals surface area contributed by atoms with E-state index in [9.17, 15) is 9.59 Å². The van der Waals surface area contributed by atoms with Gasteiger partial charge in [-0.15, -0.1) is 0 Å². The molecule has 1 aromatic heterocycles. The van der Waals surface area contributed by atoms with Crippen molar-refractivity contribution in [3.8, 4) is 6.01 Å². The third-order valence-electron chi connectivity index (χ3n) is 4.13. The number of aromatic nitrogens is 2. The first-order chi connectivity index (χ1) is 10.6. The van der Waals surface area contributed by atoms with Crippen molar-refractivity contribution in [2.24, 2.45) is 5.92 Å². The van der Waals surface area contributed by atoms with Crippen LogP contribution in [0.5, 0.6) is 6.01 Å². The van der Waals surface area contributed by atoms with Crippen LogP contribution in [0.25, 0.3) is 0 Å². The van der Waals surface area contributed by atoms with E-state index < -0.39 is 0 Å². The predicted molar refractivity (Wildman–Crippen MR) is 75.3 cm³/mol. The molecule has 1 aliphatic heterocycles. The molecule has 1 saturated heterocycles. The van der Waals surface area contributed by atoms with E-state index in [4.69, 9.17) is 9.47 Å². The number of fused-ring (bicyclic) bond motifs is 1. The van der Waals surface area contributed by atoms with E-state index in [1.807, 2.05) is 0 Å². The van der Waals surface area contributed by atoms with Crippen molar-refractivity contribution in [2.75, 3.05) is 13.7 Å². The lowest BCUT2D eigenvalue weighted by atomic mass is 9.71. The minimum absolute atomic E-state index is 0.0127. The largest absolute Gasteiger partial charge is 0.467 e. The van der Waals surface area contributed by atoms with Crippen molar-refractivity contribution in [2.45, 2.75) is 31.5 Å². The number of nitrogens with zero attached hydrogens (tertiary/aromatic N) is 2. The molecule has 1 saturated carbocycles. The summed E-state index contributed by atoms with van der Waals surface area (Å²) in [4.78, 5) is 31.4. The van der Waals surface area contributed by atoms with Crippen LogP contribution in [-0.2, 0) is 9.53 Å². The number of hydrogen-bond acceptors (Lipinski definition) is 6. The van der Waals surface area contributed by atoms with Gasteiger partial charge in [0.25, 0.3) is 5.91 Å². The molecule has 22 heavy (non-hydrogen) atoms. The average Bonchev–Trinajstić information content (AvgIpc) is 2.95. The highest BCUT2D eigenvalue weighted by Gasteiger charge is 2.54. The van der Waals surface area contributed by atoms with Crippen LogP contribution < -0.4 is 15.4 Å². The summed E-state index contributed by atoms with van der Waals surface area (Å²) >= 11 is 0. The van der Waals surface area contributed by atoms with E-state index in [-0.39, 0.29) is 41.9 Å². The van der Waals surface area contributed by atoms with E-state index in [1.165, 1.54) is 26.4 Å². The van der Waals surface area contributed by atoms with Gasteiger partial charge >= 0.3 is 6.01 Å². The highest BCUT2D eigenvalue weighted by atomic mass is 16.5. The molecule has 4 atom stereocenters. The van der Waals surface area contributed by atoms with E-state index in [0.29, 0.717) is 12.2 Å². The number of nitrogens with one attached hydrogen (secondary N) is 2. The van der Waals surface area contributed by atoms with E-state index in [1.54, 1.807) is 0 Å². The number of hydrogen-bond donors (Lipinski definition) is 2. The van der Waals surface area contributed by atoms with Crippen molar-refractivity contribution < 1.29 is 19.1 Å². The van der Waals surface area contributed by atoms with Gasteiger partial charge in [0.15, 0.2) is 0 Å². The van der Waals surface area contributed by atoms with Crippen LogP contribution in [0.4, 0.5) is 0 Å². The molecule has 0 unspecified atom stereocenters. The molecular weight excluding hydrogens is 288 g/mol. The fourth-order valence-corrected chi connectivity index (χ4v) is 3.08. The second-order valence-electron chi connectivity index (χ2n) is 5.47. The van der Waals surface area contributed by atoms with Gasteiger partial charge in [-0.05, 0) is 6.42 Å². The fourth-order valence-electron chi connectivity index (χ4n) is 3.08. The molecule has 1 aliphatic carbocycles. The van der Waals surface area contributed by atoms with Gasteiger partial charge in [-0.3, -0.25) is 9.59 Å². The molecule has 0 spiro atoms. The van der Waals surface area contributed by atoms with Gasteiger partial charge in [0, 0.05) is 31.8 Å². The number of methoxy groups -OCH3 is 1. The number of amides is 2. The number of rotatable bonds is 4. The van der Waals surface area contributed by atoms with Crippen molar-refractivity contribution in [3.05, 3.63) is 18.0 Å². The maximum atomic E-state index is 12.3. The Morgan fingerprint density at radius 2 is 2.00 bits per heavy atom. The van der Waals surface area contributed by atoms with Gasteiger partial charge in [0.1, 0.15) is 0 Å². The second-order valence-corrected chi connectivity index (χ2v) is 5.47. The minimum atomic E-state index is -0.270. The van der Waals surface area contributed by atoms with Gasteiger partial charge in [0.2, 0.25) is 5.91 Å². The molecule has 0 radical (unpaired) electrons. The van der Waals surface area contributed by atoms with Crippen molar-refractivity contribution in [3.63, 3.8) is 0 Å². The van der Waals surface area contributed by atoms with Crippen molar-refractivity contribution >= 4 is 11.8 Å². The summed E-state index contributed by atoms with van der Waals surface area (Å²) in [5.41, 5.74) is 0.352. The Labute approximate surface area is 127 Å². The SMILES string of the molecule is COc1ncc(C(=O)N[C@H]2[C@H]3CCO[C@H]3[C@@H]2NC(C)=O)cn1. The fraction of sp³-hybridized carbons (Fsp3) is 0.571. The van der Waals surface area contributed by atoms with Gasteiger partial charge < -0.3 is 20.1 Å². The lowest BCUT2D eigenvalue weighted by Crippen LogP contribution is -2.70. The van der Waals surface area contributed by atoms with Gasteiger partial charge in [-0.25, -0.2) is 9.97 Å². The third-order valence-corrected chi connectivity index (χ3v) is 4.13. The van der Waals surface area contributed by atoms with E-state index in [2.05, 4.69) is 20.6 Å². The van der Waals surface area contributed by atoms with Gasteiger partial charge in [-0.2, -0.15) is 0 Å². The number of carbonyl (C=O) groups excluding carboxylic acids is 2. The maximum Gasteiger partial charge on any atom is 0.316 e. The molecular formula is C14H18N4O4. The number of carbonyl (C=O) groups is 2. The Balaban J connectivity index is 1.67. The van der Waals surface area contributed by atoms with Crippen molar-refractivity contribution in [1.29, 1.82) is 0 Å². The lowest BCUT2D eigenvalue weighted by molar-refractivity contribution is -0.123. The van der Waals surface area contributed by atoms with Crippen LogP contribution in [0.1, 0.15) is 23.7 Å². The Kier molecular flexibility index (Phi) is 3.93. The Morgan fingerprint density at radius 1 is 1.27 bits per heavy atom. The topological polar surface area (TPSA) is 102 Å². The molecule has 1 aromatic rings. The summed E-state index contributed by atoms with van der Waals surface area (Å²) in [5, 5.41) is 5.79. The van der Waals surface area contributed by atoms with Crippen LogP contribution in [-0.4, -0.2) is 53.7 Å². The molecule has 8 heteroatoms. The first-order valence-corrected chi connectivity index (χ1v) is 7.15. The Hall–Kier alpha value is -2.22. The highest BCUT2D eigenvalue weighted by molar-refractivity contribution is 5.94. The predicted octanol–water partition coefficient (Wildman–Crippen LogP) is -0.493. The molecule has 2 aliphatic rings. The standard InChI is InChI=1S/C14H18N4O4/c1-7(19)17-11-10(9-3-4-22-12(9)11)18-13(20)8-5-15-14(21-2)16-6-8/h5-6,9-12H,3-4H2,1-2H3,(H,17,19)(H,18,20)/t9-,10+,11-,12-/m1/s1. The first kappa shape index (κ1) is 14.7. The molecule has 8 nitrogen and oxygen atoms in total. The first-order valence-electron chi connectivity index (χ1n) is 7.15. The molecule has 2 heterocycles. The van der Waals surface area contributed by atoms with Gasteiger partial charge in [0.05, 0.1) is 30.9 Å². The summed E-state index contributed by atoms with van der Waals surface area (Å²) in [6.45, 7) is 2.11. The van der Waals surface area contributed by atoms with Crippen LogP contribution in [0, 0.1) is 5.92 Å². The summed E-state index contributed by atoms with van der Waals surface area (Å²) in [6.07, 6.45) is 3.69. The van der Waals surface area contributed by atoms with Crippen LogP contribution in [0.15, 0.2) is 12.4 Å². The van der Waals surface area contributed by atoms with Crippen LogP contribution >= 0.6 is 0 Å². The minimum Gasteiger partial charge on any atom is -0.467 e. The smallest absolute Gasteiger partial charge is 0.316 e. The lowest BCUT2D eigenvalue weighted by Gasteiger charge is -2.47. The molecule has 3 rings (SSSR count). The van der Waals surface area contributed by atoms with Gasteiger partial charge in [-0.1, -0.05) is 0 Å². The third kappa shape index (κ3) is 2.61. The van der Waals surface area contributed by atoms with Crippen LogP contribution in [0.2, 0.25) is 0 Å². The molecule has 2 amide bonds. The summed E-state index contributed by atoms with van der Waals surface area (Å²) in [7, 11) is 1.46.